The quantitative estimate of drug-likeness (QED) is 0.235. The Hall–Kier alpha value is -4.50. The number of rotatable bonds is 0. The molecule has 3 nitrogen and oxygen atoms in total. The molecule has 3 heteroatoms. The van der Waals surface area contributed by atoms with Gasteiger partial charge in [0.05, 0.1) is 27.5 Å². The first-order valence-electron chi connectivity index (χ1n) is 11.7. The van der Waals surface area contributed by atoms with Crippen molar-refractivity contribution in [3.63, 3.8) is 0 Å². The Morgan fingerprint density at radius 1 is 0.471 bits per heavy atom. The first-order valence-corrected chi connectivity index (χ1v) is 11.7. The van der Waals surface area contributed by atoms with Crippen molar-refractivity contribution in [2.24, 2.45) is 7.05 Å². The van der Waals surface area contributed by atoms with Crippen LogP contribution in [0.1, 0.15) is 0 Å². The van der Waals surface area contributed by atoms with Gasteiger partial charge in [-0.3, -0.25) is 0 Å². The molecule has 9 rings (SSSR count). The number of hydrogen-bond acceptors (Lipinski definition) is 1. The fourth-order valence-corrected chi connectivity index (χ4v) is 6.51. The molecule has 0 fully saturated rings. The topological polar surface area (TPSA) is 22.5 Å². The van der Waals surface area contributed by atoms with Crippen LogP contribution in [0.15, 0.2) is 95.4 Å². The number of furan rings is 1. The van der Waals surface area contributed by atoms with E-state index in [0.29, 0.717) is 0 Å². The standard InChI is InChI=1S/C31H18N2O/c1-32-22-11-5-8-17-18-9-4-10-19-20-15-16-26-28(21-7-2-3-14-25(21)34-26)31(20)33(30(18)19)24-13-6-12-23(32)29(24)27(17)22/h2-16H,1H3. The smallest absolute Gasteiger partial charge is 0.137 e. The molecule has 0 radical (unpaired) electrons. The number of benzene rings is 5. The van der Waals surface area contributed by atoms with E-state index in [-0.39, 0.29) is 0 Å². The summed E-state index contributed by atoms with van der Waals surface area (Å²) < 4.78 is 11.2. The Morgan fingerprint density at radius 2 is 1.12 bits per heavy atom. The van der Waals surface area contributed by atoms with Gasteiger partial charge in [0.15, 0.2) is 0 Å². The highest BCUT2D eigenvalue weighted by molar-refractivity contribution is 6.33. The molecule has 4 aromatic heterocycles. The molecule has 0 N–H and O–H groups in total. The minimum atomic E-state index is 0.931. The van der Waals surface area contributed by atoms with Crippen LogP contribution in [0.4, 0.5) is 0 Å². The van der Waals surface area contributed by atoms with Crippen molar-refractivity contribution in [2.75, 3.05) is 0 Å². The first kappa shape index (κ1) is 17.0. The lowest BCUT2D eigenvalue weighted by Gasteiger charge is -2.04. The highest BCUT2D eigenvalue weighted by atomic mass is 16.3. The average molecular weight is 434 g/mol. The Morgan fingerprint density at radius 3 is 2.03 bits per heavy atom. The molecule has 4 heterocycles. The summed E-state index contributed by atoms with van der Waals surface area (Å²) in [5.74, 6) is 0. The van der Waals surface area contributed by atoms with E-state index in [4.69, 9.17) is 4.42 Å². The van der Waals surface area contributed by atoms with Crippen molar-refractivity contribution in [1.82, 2.24) is 8.97 Å². The lowest BCUT2D eigenvalue weighted by Crippen LogP contribution is -1.89. The van der Waals surface area contributed by atoms with Crippen molar-refractivity contribution in [2.45, 2.75) is 0 Å². The first-order chi connectivity index (χ1) is 16.8. The van der Waals surface area contributed by atoms with Crippen molar-refractivity contribution in [3.05, 3.63) is 91.0 Å². The summed E-state index contributed by atoms with van der Waals surface area (Å²) in [6.45, 7) is 0. The highest BCUT2D eigenvalue weighted by Crippen LogP contribution is 2.45. The minimum Gasteiger partial charge on any atom is -0.456 e. The van der Waals surface area contributed by atoms with Gasteiger partial charge in [0.1, 0.15) is 11.2 Å². The summed E-state index contributed by atoms with van der Waals surface area (Å²) in [4.78, 5) is 0. The maximum atomic E-state index is 6.31. The van der Waals surface area contributed by atoms with Gasteiger partial charge in [0, 0.05) is 44.9 Å². The average Bonchev–Trinajstić information content (AvgIpc) is 3.48. The summed E-state index contributed by atoms with van der Waals surface area (Å²) in [5.41, 5.74) is 8.12. The van der Waals surface area contributed by atoms with E-state index in [0.717, 1.165) is 16.6 Å². The summed E-state index contributed by atoms with van der Waals surface area (Å²) in [6.07, 6.45) is 0. The molecule has 0 aliphatic heterocycles. The van der Waals surface area contributed by atoms with Gasteiger partial charge >= 0.3 is 0 Å². The fraction of sp³-hybridized carbons (Fsp3) is 0.0323. The molecule has 34 heavy (non-hydrogen) atoms. The number of hydrogen-bond donors (Lipinski definition) is 0. The SMILES string of the molecule is Cn1c2cccc3c4cccc5c6ccc7oc8ccccc8c7c6n(c6cccc1c6c32)c45. The molecule has 5 aromatic carbocycles. The molecule has 0 amide bonds. The Balaban J connectivity index is 1.78. The van der Waals surface area contributed by atoms with Crippen molar-refractivity contribution in [1.29, 1.82) is 0 Å². The van der Waals surface area contributed by atoms with Crippen LogP contribution in [-0.2, 0) is 7.05 Å². The molecule has 0 aliphatic rings. The number of nitrogens with zero attached hydrogens (tertiary/aromatic N) is 2. The van der Waals surface area contributed by atoms with Gasteiger partial charge < -0.3 is 13.4 Å². The minimum absolute atomic E-state index is 0.931. The normalized spacial score (nSPS) is 12.9. The molecular weight excluding hydrogens is 416 g/mol. The Labute approximate surface area is 193 Å². The molecule has 158 valence electrons. The fourth-order valence-electron chi connectivity index (χ4n) is 6.51. The molecule has 0 saturated carbocycles. The summed E-state index contributed by atoms with van der Waals surface area (Å²) in [6, 6.07) is 32.9. The second-order valence-electron chi connectivity index (χ2n) is 9.40. The van der Waals surface area contributed by atoms with Crippen LogP contribution in [-0.4, -0.2) is 8.97 Å². The zero-order valence-electron chi connectivity index (χ0n) is 18.5. The molecular formula is C31H18N2O. The summed E-state index contributed by atoms with van der Waals surface area (Å²) in [7, 11) is 2.18. The predicted octanol–water partition coefficient (Wildman–Crippen LogP) is 8.38. The van der Waals surface area contributed by atoms with E-state index in [2.05, 4.69) is 101 Å². The number of aryl methyl sites for hydroxylation is 1. The van der Waals surface area contributed by atoms with Crippen LogP contribution in [0.25, 0.3) is 81.8 Å². The third-order valence-corrected chi connectivity index (χ3v) is 7.86. The Kier molecular flexibility index (Phi) is 2.77. The number of aromatic nitrogens is 2. The predicted molar refractivity (Wildman–Crippen MR) is 142 cm³/mol. The van der Waals surface area contributed by atoms with Crippen molar-refractivity contribution in [3.8, 4) is 0 Å². The van der Waals surface area contributed by atoms with Gasteiger partial charge in [0.2, 0.25) is 0 Å². The van der Waals surface area contributed by atoms with E-state index in [9.17, 15) is 0 Å². The second kappa shape index (κ2) is 5.52. The lowest BCUT2D eigenvalue weighted by atomic mass is 10.0. The van der Waals surface area contributed by atoms with Gasteiger partial charge in [0.25, 0.3) is 0 Å². The maximum absolute atomic E-state index is 6.31. The van der Waals surface area contributed by atoms with Gasteiger partial charge in [-0.1, -0.05) is 54.6 Å². The van der Waals surface area contributed by atoms with Crippen LogP contribution in [0.5, 0.6) is 0 Å². The molecule has 0 spiro atoms. The number of fused-ring (bicyclic) bond motifs is 9. The van der Waals surface area contributed by atoms with Crippen molar-refractivity contribution >= 4 is 81.8 Å². The molecule has 0 bridgehead atoms. The van der Waals surface area contributed by atoms with E-state index in [1.807, 2.05) is 6.07 Å². The molecule has 0 aliphatic carbocycles. The van der Waals surface area contributed by atoms with Gasteiger partial charge in [-0.05, 0) is 41.8 Å². The highest BCUT2D eigenvalue weighted by Gasteiger charge is 2.22. The zero-order chi connectivity index (χ0) is 22.1. The van der Waals surface area contributed by atoms with E-state index in [1.54, 1.807) is 0 Å². The van der Waals surface area contributed by atoms with E-state index < -0.39 is 0 Å². The van der Waals surface area contributed by atoms with Crippen LogP contribution >= 0.6 is 0 Å². The number of para-hydroxylation sites is 2. The van der Waals surface area contributed by atoms with Gasteiger partial charge in [-0.25, -0.2) is 0 Å². The molecule has 9 aromatic rings. The van der Waals surface area contributed by atoms with E-state index >= 15 is 0 Å². The van der Waals surface area contributed by atoms with Gasteiger partial charge in [-0.2, -0.15) is 0 Å². The largest absolute Gasteiger partial charge is 0.456 e. The van der Waals surface area contributed by atoms with Gasteiger partial charge in [-0.15, -0.1) is 0 Å². The monoisotopic (exact) mass is 434 g/mol. The third-order valence-electron chi connectivity index (χ3n) is 7.86. The van der Waals surface area contributed by atoms with Crippen molar-refractivity contribution < 1.29 is 4.42 Å². The second-order valence-corrected chi connectivity index (χ2v) is 9.40. The lowest BCUT2D eigenvalue weighted by molar-refractivity contribution is 0.669. The zero-order valence-corrected chi connectivity index (χ0v) is 18.5. The van der Waals surface area contributed by atoms with Crippen LogP contribution in [0.3, 0.4) is 0 Å². The van der Waals surface area contributed by atoms with E-state index in [1.165, 1.54) is 65.3 Å². The van der Waals surface area contributed by atoms with Crippen LogP contribution in [0.2, 0.25) is 0 Å². The molecule has 0 unspecified atom stereocenters. The molecule has 0 atom stereocenters. The maximum Gasteiger partial charge on any atom is 0.137 e. The van der Waals surface area contributed by atoms with Crippen LogP contribution in [0, 0.1) is 0 Å². The third kappa shape index (κ3) is 1.74. The molecule has 0 saturated heterocycles. The van der Waals surface area contributed by atoms with Crippen LogP contribution < -0.4 is 0 Å². The summed E-state index contributed by atoms with van der Waals surface area (Å²) in [5, 5.41) is 10.1. The summed E-state index contributed by atoms with van der Waals surface area (Å²) >= 11 is 0. The Bertz CT molecular complexity index is 2290.